The predicted molar refractivity (Wildman–Crippen MR) is 104 cm³/mol. The van der Waals surface area contributed by atoms with Crippen LogP contribution in [-0.2, 0) is 11.3 Å². The summed E-state index contributed by atoms with van der Waals surface area (Å²) in [5.74, 6) is -0.157. The standard InChI is InChI=1S/C19H20N4O3.ClH/c24-16(22-13-7-11-5-6-12(8-13)21-11)9-23-10-20-17-14-3-1-2-4-15(14)26-18(17)19(23)25;/h1-4,10-13,21H,5-9H2,(H,22,24);1H. The van der Waals surface area contributed by atoms with Crippen LogP contribution >= 0.6 is 12.4 Å². The van der Waals surface area contributed by atoms with Crippen LogP contribution in [0.5, 0.6) is 0 Å². The van der Waals surface area contributed by atoms with Gasteiger partial charge < -0.3 is 15.1 Å². The van der Waals surface area contributed by atoms with Crippen LogP contribution in [0.25, 0.3) is 22.1 Å². The van der Waals surface area contributed by atoms with Crippen LogP contribution in [0.4, 0.5) is 0 Å². The van der Waals surface area contributed by atoms with Crippen LogP contribution in [0.15, 0.2) is 39.8 Å². The van der Waals surface area contributed by atoms with Gasteiger partial charge in [-0.1, -0.05) is 12.1 Å². The summed E-state index contributed by atoms with van der Waals surface area (Å²) in [7, 11) is 0. The van der Waals surface area contributed by atoms with Crippen molar-refractivity contribution in [2.75, 3.05) is 0 Å². The van der Waals surface area contributed by atoms with Gasteiger partial charge >= 0.3 is 0 Å². The molecule has 2 aliphatic rings. The van der Waals surface area contributed by atoms with Crippen LogP contribution in [0, 0.1) is 0 Å². The quantitative estimate of drug-likeness (QED) is 0.716. The minimum atomic E-state index is -0.327. The number of para-hydroxylation sites is 1. The molecule has 142 valence electrons. The van der Waals surface area contributed by atoms with Crippen LogP contribution in [0.3, 0.4) is 0 Å². The normalized spacial score (nSPS) is 24.1. The summed E-state index contributed by atoms with van der Waals surface area (Å²) in [5.41, 5.74) is 1.03. The van der Waals surface area contributed by atoms with Crippen molar-refractivity contribution in [1.29, 1.82) is 0 Å². The summed E-state index contributed by atoms with van der Waals surface area (Å²) in [6, 6.07) is 8.60. The third kappa shape index (κ3) is 3.21. The maximum Gasteiger partial charge on any atom is 0.297 e. The van der Waals surface area contributed by atoms with Crippen LogP contribution < -0.4 is 16.2 Å². The van der Waals surface area contributed by atoms with Gasteiger partial charge in [0, 0.05) is 23.5 Å². The number of amides is 1. The topological polar surface area (TPSA) is 89.2 Å². The summed E-state index contributed by atoms with van der Waals surface area (Å²) < 4.78 is 6.97. The van der Waals surface area contributed by atoms with E-state index in [0.717, 1.165) is 18.2 Å². The molecule has 4 heterocycles. The Morgan fingerprint density at radius 2 is 2.00 bits per heavy atom. The van der Waals surface area contributed by atoms with Gasteiger partial charge in [0.05, 0.1) is 6.33 Å². The maximum atomic E-state index is 12.7. The van der Waals surface area contributed by atoms with Gasteiger partial charge in [-0.15, -0.1) is 12.4 Å². The molecule has 0 saturated carbocycles. The van der Waals surface area contributed by atoms with Crippen LogP contribution in [0.1, 0.15) is 25.7 Å². The van der Waals surface area contributed by atoms with E-state index in [9.17, 15) is 9.59 Å². The number of benzene rings is 1. The number of piperidine rings is 1. The van der Waals surface area contributed by atoms with Crippen molar-refractivity contribution in [1.82, 2.24) is 20.2 Å². The summed E-state index contributed by atoms with van der Waals surface area (Å²) >= 11 is 0. The number of rotatable bonds is 3. The van der Waals surface area contributed by atoms with E-state index >= 15 is 0 Å². The first-order valence-electron chi connectivity index (χ1n) is 9.09. The van der Waals surface area contributed by atoms with E-state index in [4.69, 9.17) is 4.42 Å². The van der Waals surface area contributed by atoms with Crippen LogP contribution in [-0.4, -0.2) is 33.6 Å². The van der Waals surface area contributed by atoms with Crippen molar-refractivity contribution in [3.63, 3.8) is 0 Å². The Labute approximate surface area is 161 Å². The monoisotopic (exact) mass is 388 g/mol. The van der Waals surface area contributed by atoms with E-state index in [1.165, 1.54) is 23.7 Å². The third-order valence-electron chi connectivity index (χ3n) is 5.50. The van der Waals surface area contributed by atoms with Crippen molar-refractivity contribution < 1.29 is 9.21 Å². The summed E-state index contributed by atoms with van der Waals surface area (Å²) in [4.78, 5) is 29.4. The van der Waals surface area contributed by atoms with Crippen LogP contribution in [0.2, 0.25) is 0 Å². The SMILES string of the molecule is Cl.O=C(Cn1cnc2c(oc3ccccc32)c1=O)NC1CC2CCC(C1)N2. The zero-order chi connectivity index (χ0) is 17.7. The molecule has 1 amide bonds. The van der Waals surface area contributed by atoms with E-state index in [2.05, 4.69) is 15.6 Å². The van der Waals surface area contributed by atoms with Gasteiger partial charge in [0.25, 0.3) is 5.56 Å². The van der Waals surface area contributed by atoms with Gasteiger partial charge in [0.1, 0.15) is 17.6 Å². The van der Waals surface area contributed by atoms with E-state index in [0.29, 0.717) is 23.2 Å². The highest BCUT2D eigenvalue weighted by molar-refractivity contribution is 6.01. The molecule has 27 heavy (non-hydrogen) atoms. The molecular formula is C19H21ClN4O3. The molecule has 2 N–H and O–H groups in total. The molecular weight excluding hydrogens is 368 g/mol. The van der Waals surface area contributed by atoms with Gasteiger partial charge in [-0.3, -0.25) is 14.2 Å². The van der Waals surface area contributed by atoms with Gasteiger partial charge in [-0.25, -0.2) is 4.98 Å². The largest absolute Gasteiger partial charge is 0.448 e. The fourth-order valence-corrected chi connectivity index (χ4v) is 4.33. The molecule has 2 unspecified atom stereocenters. The van der Waals surface area contributed by atoms with Gasteiger partial charge in [0.2, 0.25) is 11.5 Å². The third-order valence-corrected chi connectivity index (χ3v) is 5.50. The Hall–Kier alpha value is -2.38. The minimum absolute atomic E-state index is 0. The molecule has 0 radical (unpaired) electrons. The first-order valence-corrected chi connectivity index (χ1v) is 9.09. The average Bonchev–Trinajstić information content (AvgIpc) is 3.17. The van der Waals surface area contributed by atoms with Gasteiger partial charge in [0.15, 0.2) is 0 Å². The van der Waals surface area contributed by atoms with Gasteiger partial charge in [-0.05, 0) is 37.8 Å². The fraction of sp³-hybridized carbons (Fsp3) is 0.421. The second-order valence-corrected chi connectivity index (χ2v) is 7.33. The molecule has 2 atom stereocenters. The van der Waals surface area contributed by atoms with Crippen molar-refractivity contribution >= 4 is 40.4 Å². The molecule has 8 heteroatoms. The second-order valence-electron chi connectivity index (χ2n) is 7.33. The van der Waals surface area contributed by atoms with E-state index < -0.39 is 0 Å². The Morgan fingerprint density at radius 3 is 2.78 bits per heavy atom. The molecule has 0 spiro atoms. The zero-order valence-corrected chi connectivity index (χ0v) is 15.5. The Kier molecular flexibility index (Phi) is 4.65. The number of halogens is 1. The highest BCUT2D eigenvalue weighted by Crippen LogP contribution is 2.27. The van der Waals surface area contributed by atoms with Crippen molar-refractivity contribution in [2.24, 2.45) is 0 Å². The number of carbonyl (C=O) groups is 1. The Balaban J connectivity index is 0.00000180. The minimum Gasteiger partial charge on any atom is -0.448 e. The first kappa shape index (κ1) is 18.0. The Morgan fingerprint density at radius 1 is 1.26 bits per heavy atom. The van der Waals surface area contributed by atoms with E-state index in [1.54, 1.807) is 6.07 Å². The van der Waals surface area contributed by atoms with E-state index in [-0.39, 0.29) is 42.0 Å². The fourth-order valence-electron chi connectivity index (χ4n) is 4.33. The lowest BCUT2D eigenvalue weighted by Crippen LogP contribution is -2.49. The number of hydrogen-bond acceptors (Lipinski definition) is 5. The lowest BCUT2D eigenvalue weighted by atomic mass is 10.00. The lowest BCUT2D eigenvalue weighted by Gasteiger charge is -2.29. The number of aromatic nitrogens is 2. The number of fused-ring (bicyclic) bond motifs is 5. The maximum absolute atomic E-state index is 12.7. The highest BCUT2D eigenvalue weighted by atomic mass is 35.5. The number of nitrogens with zero attached hydrogens (tertiary/aromatic N) is 2. The van der Waals surface area contributed by atoms with Crippen molar-refractivity contribution in [2.45, 2.75) is 50.4 Å². The predicted octanol–water partition coefficient (Wildman–Crippen LogP) is 1.96. The van der Waals surface area contributed by atoms with E-state index in [1.807, 2.05) is 18.2 Å². The molecule has 2 saturated heterocycles. The summed E-state index contributed by atoms with van der Waals surface area (Å²) in [6.45, 7) is -0.0436. The molecule has 0 aliphatic carbocycles. The molecule has 7 nitrogen and oxygen atoms in total. The molecule has 5 rings (SSSR count). The number of nitrogens with one attached hydrogen (secondary N) is 2. The number of hydrogen-bond donors (Lipinski definition) is 2. The molecule has 3 aromatic rings. The highest BCUT2D eigenvalue weighted by Gasteiger charge is 2.34. The summed E-state index contributed by atoms with van der Waals surface area (Å²) in [5, 5.41) is 7.44. The summed E-state index contributed by atoms with van der Waals surface area (Å²) in [6.07, 6.45) is 5.71. The first-order chi connectivity index (χ1) is 12.7. The zero-order valence-electron chi connectivity index (χ0n) is 14.7. The smallest absolute Gasteiger partial charge is 0.297 e. The number of carbonyl (C=O) groups excluding carboxylic acids is 1. The molecule has 1 aromatic carbocycles. The van der Waals surface area contributed by atoms with Crippen molar-refractivity contribution in [3.05, 3.63) is 40.9 Å². The number of furan rings is 1. The van der Waals surface area contributed by atoms with Gasteiger partial charge in [-0.2, -0.15) is 0 Å². The molecule has 2 aromatic heterocycles. The van der Waals surface area contributed by atoms with Crippen molar-refractivity contribution in [3.8, 4) is 0 Å². The molecule has 2 fully saturated rings. The molecule has 2 aliphatic heterocycles. The Bertz CT molecular complexity index is 1050. The second kappa shape index (κ2) is 6.98. The average molecular weight is 389 g/mol. The lowest BCUT2D eigenvalue weighted by molar-refractivity contribution is -0.122. The molecule has 2 bridgehead atoms.